The van der Waals surface area contributed by atoms with Crippen LogP contribution in [-0.4, -0.2) is 51.8 Å². The Hall–Kier alpha value is -2.91. The Bertz CT molecular complexity index is 1090. The van der Waals surface area contributed by atoms with E-state index in [0.29, 0.717) is 30.0 Å². The highest BCUT2D eigenvalue weighted by molar-refractivity contribution is 7.89. The van der Waals surface area contributed by atoms with Gasteiger partial charge in [-0.2, -0.15) is 4.31 Å². The van der Waals surface area contributed by atoms with Crippen LogP contribution < -0.4 is 9.47 Å². The number of methoxy groups -OCH3 is 2. The van der Waals surface area contributed by atoms with Gasteiger partial charge < -0.3 is 14.2 Å². The summed E-state index contributed by atoms with van der Waals surface area (Å²) in [5, 5.41) is 0. The SMILES string of the molecule is COc1ccc(C(C)=O)cc1COC(=O)c1ccc(OC)c(S(=O)(=O)N2CCCC2)c1. The maximum atomic E-state index is 13.0. The highest BCUT2D eigenvalue weighted by Crippen LogP contribution is 2.30. The fourth-order valence-corrected chi connectivity index (χ4v) is 5.11. The van der Waals surface area contributed by atoms with Crippen LogP contribution in [0.4, 0.5) is 0 Å². The topological polar surface area (TPSA) is 99.2 Å². The number of esters is 1. The molecule has 1 fully saturated rings. The second-order valence-electron chi connectivity index (χ2n) is 7.14. The van der Waals surface area contributed by atoms with E-state index in [1.807, 2.05) is 0 Å². The van der Waals surface area contributed by atoms with Crippen LogP contribution in [0.25, 0.3) is 0 Å². The fourth-order valence-electron chi connectivity index (χ4n) is 3.41. The van der Waals surface area contributed by atoms with E-state index in [-0.39, 0.29) is 28.6 Å². The molecule has 9 heteroatoms. The van der Waals surface area contributed by atoms with Crippen LogP contribution >= 0.6 is 0 Å². The molecule has 1 aliphatic heterocycles. The molecule has 0 bridgehead atoms. The zero-order valence-corrected chi connectivity index (χ0v) is 18.5. The molecule has 2 aromatic rings. The highest BCUT2D eigenvalue weighted by Gasteiger charge is 2.31. The molecule has 3 rings (SSSR count). The first kappa shape index (κ1) is 22.8. The van der Waals surface area contributed by atoms with Gasteiger partial charge in [0.1, 0.15) is 23.0 Å². The lowest BCUT2D eigenvalue weighted by molar-refractivity contribution is 0.0470. The van der Waals surface area contributed by atoms with E-state index in [4.69, 9.17) is 14.2 Å². The summed E-state index contributed by atoms with van der Waals surface area (Å²) in [6.07, 6.45) is 1.59. The van der Waals surface area contributed by atoms with Crippen molar-refractivity contribution in [2.45, 2.75) is 31.3 Å². The van der Waals surface area contributed by atoms with Crippen molar-refractivity contribution in [1.82, 2.24) is 4.31 Å². The zero-order chi connectivity index (χ0) is 22.6. The molecule has 0 atom stereocenters. The minimum absolute atomic E-state index is 0.0671. The maximum absolute atomic E-state index is 13.0. The van der Waals surface area contributed by atoms with Gasteiger partial charge in [-0.1, -0.05) is 0 Å². The molecule has 1 aliphatic rings. The highest BCUT2D eigenvalue weighted by atomic mass is 32.2. The summed E-state index contributed by atoms with van der Waals surface area (Å²) >= 11 is 0. The lowest BCUT2D eigenvalue weighted by atomic mass is 10.1. The van der Waals surface area contributed by atoms with Gasteiger partial charge in [-0.15, -0.1) is 0 Å². The molecule has 0 saturated carbocycles. The molecule has 2 aromatic carbocycles. The van der Waals surface area contributed by atoms with Crippen LogP contribution in [0, 0.1) is 0 Å². The van der Waals surface area contributed by atoms with Crippen LogP contribution in [-0.2, 0) is 21.4 Å². The summed E-state index contributed by atoms with van der Waals surface area (Å²) < 4.78 is 43.2. The smallest absolute Gasteiger partial charge is 0.338 e. The zero-order valence-electron chi connectivity index (χ0n) is 17.7. The largest absolute Gasteiger partial charge is 0.496 e. The number of nitrogens with zero attached hydrogens (tertiary/aromatic N) is 1. The lowest BCUT2D eigenvalue weighted by Gasteiger charge is -2.18. The van der Waals surface area contributed by atoms with Crippen LogP contribution in [0.3, 0.4) is 0 Å². The summed E-state index contributed by atoms with van der Waals surface area (Å²) in [6, 6.07) is 9.03. The van der Waals surface area contributed by atoms with Crippen LogP contribution in [0.5, 0.6) is 11.5 Å². The minimum atomic E-state index is -3.79. The van der Waals surface area contributed by atoms with Gasteiger partial charge in [0, 0.05) is 24.2 Å². The number of carbonyl (C=O) groups is 2. The van der Waals surface area contributed by atoms with Crippen molar-refractivity contribution in [3.63, 3.8) is 0 Å². The van der Waals surface area contributed by atoms with E-state index in [1.165, 1.54) is 43.6 Å². The molecule has 0 unspecified atom stereocenters. The van der Waals surface area contributed by atoms with Crippen molar-refractivity contribution >= 4 is 21.8 Å². The van der Waals surface area contributed by atoms with Crippen LogP contribution in [0.2, 0.25) is 0 Å². The van der Waals surface area contributed by atoms with E-state index >= 15 is 0 Å². The Morgan fingerprint density at radius 3 is 2.16 bits per heavy atom. The van der Waals surface area contributed by atoms with Gasteiger partial charge >= 0.3 is 5.97 Å². The molecular formula is C22H25NO7S. The van der Waals surface area contributed by atoms with Gasteiger partial charge in [-0.05, 0) is 56.2 Å². The van der Waals surface area contributed by atoms with Crippen molar-refractivity contribution in [1.29, 1.82) is 0 Å². The molecule has 166 valence electrons. The average Bonchev–Trinajstić information content (AvgIpc) is 3.32. The van der Waals surface area contributed by atoms with Crippen molar-refractivity contribution < 1.29 is 32.2 Å². The number of carbonyl (C=O) groups excluding carboxylic acids is 2. The molecule has 0 radical (unpaired) electrons. The molecule has 1 heterocycles. The summed E-state index contributed by atoms with van der Waals surface area (Å²) in [4.78, 5) is 24.2. The Morgan fingerprint density at radius 2 is 1.55 bits per heavy atom. The van der Waals surface area contributed by atoms with Gasteiger partial charge in [0.05, 0.1) is 19.8 Å². The molecule has 0 N–H and O–H groups in total. The quantitative estimate of drug-likeness (QED) is 0.453. The average molecular weight is 448 g/mol. The predicted molar refractivity (Wildman–Crippen MR) is 113 cm³/mol. The number of hydrogen-bond acceptors (Lipinski definition) is 7. The van der Waals surface area contributed by atoms with Crippen molar-refractivity contribution in [3.05, 3.63) is 53.1 Å². The third-order valence-corrected chi connectivity index (χ3v) is 7.05. The van der Waals surface area contributed by atoms with E-state index in [1.54, 1.807) is 18.2 Å². The summed E-state index contributed by atoms with van der Waals surface area (Å²) in [5.41, 5.74) is 1.08. The second-order valence-corrected chi connectivity index (χ2v) is 9.04. The number of sulfonamides is 1. The summed E-state index contributed by atoms with van der Waals surface area (Å²) in [7, 11) is -0.929. The van der Waals surface area contributed by atoms with Crippen molar-refractivity contribution in [3.8, 4) is 11.5 Å². The van der Waals surface area contributed by atoms with Crippen molar-refractivity contribution in [2.24, 2.45) is 0 Å². The maximum Gasteiger partial charge on any atom is 0.338 e. The second kappa shape index (κ2) is 9.49. The van der Waals surface area contributed by atoms with E-state index in [0.717, 1.165) is 12.8 Å². The van der Waals surface area contributed by atoms with Crippen LogP contribution in [0.1, 0.15) is 46.0 Å². The van der Waals surface area contributed by atoms with Crippen molar-refractivity contribution in [2.75, 3.05) is 27.3 Å². The van der Waals surface area contributed by atoms with Gasteiger partial charge in [-0.3, -0.25) is 4.79 Å². The Labute approximate surface area is 181 Å². The summed E-state index contributed by atoms with van der Waals surface area (Å²) in [5.74, 6) is -0.179. The Morgan fingerprint density at radius 1 is 0.935 bits per heavy atom. The Kier molecular flexibility index (Phi) is 6.97. The monoisotopic (exact) mass is 447 g/mol. The molecule has 31 heavy (non-hydrogen) atoms. The molecule has 0 spiro atoms. The summed E-state index contributed by atoms with van der Waals surface area (Å²) in [6.45, 7) is 2.18. The minimum Gasteiger partial charge on any atom is -0.496 e. The number of Topliss-reactive ketones (excluding diaryl/α,β-unsaturated/α-hetero) is 1. The molecule has 8 nitrogen and oxygen atoms in total. The first-order valence-corrected chi connectivity index (χ1v) is 11.2. The third kappa shape index (κ3) is 4.88. The van der Waals surface area contributed by atoms with Gasteiger partial charge in [0.15, 0.2) is 5.78 Å². The molecule has 1 saturated heterocycles. The molecule has 0 aliphatic carbocycles. The fraction of sp³-hybridized carbons (Fsp3) is 0.364. The number of rotatable bonds is 8. The molecule has 0 aromatic heterocycles. The van der Waals surface area contributed by atoms with E-state index in [9.17, 15) is 18.0 Å². The number of ether oxygens (including phenoxy) is 3. The normalized spacial score (nSPS) is 14.3. The van der Waals surface area contributed by atoms with E-state index in [2.05, 4.69) is 0 Å². The first-order chi connectivity index (χ1) is 14.8. The Balaban J connectivity index is 1.85. The standard InChI is InChI=1S/C22H25NO7S/c1-15(24)16-6-8-19(28-2)18(12-16)14-30-22(25)17-7-9-20(29-3)21(13-17)31(26,27)23-10-4-5-11-23/h6-9,12-13H,4-5,10-11,14H2,1-3H3. The number of benzene rings is 2. The number of ketones is 1. The van der Waals surface area contributed by atoms with Crippen LogP contribution in [0.15, 0.2) is 41.3 Å². The van der Waals surface area contributed by atoms with Gasteiger partial charge in [0.25, 0.3) is 0 Å². The number of hydrogen-bond donors (Lipinski definition) is 0. The predicted octanol–water partition coefficient (Wildman–Crippen LogP) is 3.05. The third-order valence-electron chi connectivity index (χ3n) is 5.13. The molecule has 0 amide bonds. The van der Waals surface area contributed by atoms with E-state index < -0.39 is 16.0 Å². The molecular weight excluding hydrogens is 422 g/mol. The van der Waals surface area contributed by atoms with Gasteiger partial charge in [0.2, 0.25) is 10.0 Å². The lowest BCUT2D eigenvalue weighted by Crippen LogP contribution is -2.28. The van der Waals surface area contributed by atoms with Gasteiger partial charge in [-0.25, -0.2) is 13.2 Å². The first-order valence-electron chi connectivity index (χ1n) is 9.81.